The van der Waals surface area contributed by atoms with Gasteiger partial charge in [-0.15, -0.1) is 22.7 Å². The first-order chi connectivity index (χ1) is 27.7. The largest absolute Gasteiger partial charge is 0.345 e. The normalized spacial score (nSPS) is 15.6. The maximum absolute atomic E-state index is 12.9. The van der Waals surface area contributed by atoms with Crippen LogP contribution in [0.3, 0.4) is 0 Å². The predicted octanol–water partition coefficient (Wildman–Crippen LogP) is 9.87. The molecule has 4 aromatic carbocycles. The van der Waals surface area contributed by atoms with Crippen LogP contribution < -0.4 is 9.80 Å². The zero-order chi connectivity index (χ0) is 41.2. The lowest BCUT2D eigenvalue weighted by Gasteiger charge is -2.33. The Hall–Kier alpha value is -3.28. The van der Waals surface area contributed by atoms with E-state index in [4.69, 9.17) is 51.4 Å². The summed E-state index contributed by atoms with van der Waals surface area (Å²) < 4.78 is 54.5. The second-order valence-corrected chi connectivity index (χ2v) is 20.9. The smallest absolute Gasteiger partial charge is 0.243 e. The van der Waals surface area contributed by atoms with Gasteiger partial charge in [-0.2, -0.15) is 8.61 Å². The van der Waals surface area contributed by atoms with E-state index in [1.54, 1.807) is 59.9 Å². The van der Waals surface area contributed by atoms with Gasteiger partial charge in [0.05, 0.1) is 26.2 Å². The predicted molar refractivity (Wildman–Crippen MR) is 239 cm³/mol. The van der Waals surface area contributed by atoms with Gasteiger partial charge in [-0.05, 0) is 80.1 Å². The van der Waals surface area contributed by atoms with Gasteiger partial charge in [0.15, 0.2) is 10.3 Å². The lowest BCUT2D eigenvalue weighted by atomic mass is 10.0. The molecule has 0 unspecified atom stereocenters. The van der Waals surface area contributed by atoms with Crippen molar-refractivity contribution in [3.63, 3.8) is 0 Å². The molecule has 0 bridgehead atoms. The maximum Gasteiger partial charge on any atom is 0.243 e. The Labute approximate surface area is 367 Å². The molecule has 304 valence electrons. The van der Waals surface area contributed by atoms with Crippen LogP contribution >= 0.6 is 69.1 Å². The van der Waals surface area contributed by atoms with Crippen LogP contribution in [0, 0.1) is 13.8 Å². The Morgan fingerprint density at radius 1 is 0.534 bits per heavy atom. The third kappa shape index (κ3) is 9.68. The van der Waals surface area contributed by atoms with Gasteiger partial charge in [-0.1, -0.05) is 76.2 Å². The molecule has 6 aromatic rings. The summed E-state index contributed by atoms with van der Waals surface area (Å²) in [7, 11) is -7.10. The van der Waals surface area contributed by atoms with Crippen molar-refractivity contribution in [2.45, 2.75) is 23.6 Å². The van der Waals surface area contributed by atoms with Gasteiger partial charge in [0.25, 0.3) is 0 Å². The molecule has 2 aromatic heterocycles. The summed E-state index contributed by atoms with van der Waals surface area (Å²) in [6.07, 6.45) is 0. The zero-order valence-electron chi connectivity index (χ0n) is 31.4. The van der Waals surface area contributed by atoms with Crippen molar-refractivity contribution in [3.8, 4) is 22.5 Å². The highest BCUT2D eigenvalue weighted by molar-refractivity contribution is 7.89. The van der Waals surface area contributed by atoms with Gasteiger partial charge >= 0.3 is 0 Å². The van der Waals surface area contributed by atoms with Crippen molar-refractivity contribution in [3.05, 3.63) is 127 Å². The lowest BCUT2D eigenvalue weighted by molar-refractivity contribution is 0.384. The summed E-state index contributed by atoms with van der Waals surface area (Å²) in [6.45, 7) is 8.11. The fourth-order valence-electron chi connectivity index (χ4n) is 6.57. The molecule has 0 saturated carbocycles. The number of piperazine rings is 2. The Morgan fingerprint density at radius 2 is 1.00 bits per heavy atom. The van der Waals surface area contributed by atoms with Crippen LogP contribution in [0.4, 0.5) is 10.3 Å². The molecular weight excluding hydrogens is 899 g/mol. The van der Waals surface area contributed by atoms with Gasteiger partial charge in [0.2, 0.25) is 20.0 Å². The van der Waals surface area contributed by atoms with Gasteiger partial charge in [-0.25, -0.2) is 26.8 Å². The third-order valence-corrected chi connectivity index (χ3v) is 16.4. The molecule has 0 atom stereocenters. The number of halogens is 4. The highest BCUT2D eigenvalue weighted by Gasteiger charge is 2.31. The average molecular weight is 937 g/mol. The maximum atomic E-state index is 12.9. The number of rotatable bonds is 8. The van der Waals surface area contributed by atoms with E-state index in [1.807, 2.05) is 11.4 Å². The van der Waals surface area contributed by atoms with Crippen LogP contribution in [-0.4, -0.2) is 87.8 Å². The highest BCUT2D eigenvalue weighted by atomic mass is 35.5. The lowest BCUT2D eigenvalue weighted by Crippen LogP contribution is -2.48. The van der Waals surface area contributed by atoms with Crippen LogP contribution in [0.25, 0.3) is 22.5 Å². The van der Waals surface area contributed by atoms with E-state index in [9.17, 15) is 16.8 Å². The van der Waals surface area contributed by atoms with Crippen molar-refractivity contribution < 1.29 is 16.8 Å². The quantitative estimate of drug-likeness (QED) is 0.149. The molecule has 2 aliphatic rings. The minimum Gasteiger partial charge on any atom is -0.345 e. The summed E-state index contributed by atoms with van der Waals surface area (Å²) in [5, 5.41) is 7.74. The van der Waals surface area contributed by atoms with Gasteiger partial charge in [-0.3, -0.25) is 0 Å². The van der Waals surface area contributed by atoms with E-state index in [-0.39, 0.29) is 9.79 Å². The van der Waals surface area contributed by atoms with Crippen molar-refractivity contribution >= 4 is 99.4 Å². The van der Waals surface area contributed by atoms with Crippen LogP contribution in [-0.2, 0) is 20.0 Å². The summed E-state index contributed by atoms with van der Waals surface area (Å²) in [6, 6.07) is 24.5. The Balaban J connectivity index is 0.000000177. The molecule has 10 nitrogen and oxygen atoms in total. The number of aromatic nitrogens is 2. The molecular formula is C40H38Cl4N6O4S4. The first-order valence-corrected chi connectivity index (χ1v) is 24.3. The van der Waals surface area contributed by atoms with Crippen molar-refractivity contribution in [2.75, 3.05) is 62.2 Å². The average Bonchev–Trinajstić information content (AvgIpc) is 3.91. The number of anilines is 2. The fraction of sp³-hybridized carbons (Fsp3) is 0.250. The van der Waals surface area contributed by atoms with E-state index in [2.05, 4.69) is 52.2 Å². The number of nitrogens with zero attached hydrogens (tertiary/aromatic N) is 6. The number of hydrogen-bond acceptors (Lipinski definition) is 10. The summed E-state index contributed by atoms with van der Waals surface area (Å²) in [4.78, 5) is 14.2. The SMILES string of the molecule is Cc1ccc(C)c(-c2csc(N3CCN(S(=O)(=O)c4cccc(Cl)c4)CC3)n2)c1.O=S(=O)(c1cccc(Cl)c1)N1CCN(c2nc(-c3ccc(Cl)cc3Cl)cs2)CC1. The Kier molecular flexibility index (Phi) is 13.4. The molecule has 0 aliphatic carbocycles. The molecule has 0 radical (unpaired) electrons. The number of benzene rings is 4. The van der Waals surface area contributed by atoms with Crippen molar-refractivity contribution in [1.82, 2.24) is 18.6 Å². The summed E-state index contributed by atoms with van der Waals surface area (Å²) >= 11 is 27.3. The van der Waals surface area contributed by atoms with Gasteiger partial charge in [0, 0.05) is 89.3 Å². The van der Waals surface area contributed by atoms with Crippen LogP contribution in [0.5, 0.6) is 0 Å². The second-order valence-electron chi connectivity index (χ2n) is 13.7. The Morgan fingerprint density at radius 3 is 1.47 bits per heavy atom. The van der Waals surface area contributed by atoms with Crippen LogP contribution in [0.2, 0.25) is 20.1 Å². The first kappa shape index (κ1) is 42.8. The number of sulfonamides is 2. The van der Waals surface area contributed by atoms with Gasteiger partial charge in [0.1, 0.15) is 0 Å². The highest BCUT2D eigenvalue weighted by Crippen LogP contribution is 2.35. The minimum absolute atomic E-state index is 0.215. The molecule has 2 aliphatic heterocycles. The standard InChI is InChI=1S/C21H22ClN3O2S2.C19H16Cl3N3O2S2/c1-15-6-7-16(2)19(12-15)20-14-28-21(23-20)24-8-10-25(11-9-24)29(26,27)18-5-3-4-17(22)13-18;20-13-2-1-3-15(10-13)29(26,27)25-8-6-24(7-9-25)19-23-18(12-28-19)16-5-4-14(21)11-17(16)22/h3-7,12-14H,8-11H2,1-2H3;1-5,10-12H,6-9H2. The minimum atomic E-state index is -3.56. The van der Waals surface area contributed by atoms with E-state index in [0.717, 1.165) is 32.8 Å². The fourth-order valence-corrected chi connectivity index (χ4v) is 12.3. The van der Waals surface area contributed by atoms with Crippen LogP contribution in [0.1, 0.15) is 11.1 Å². The molecule has 18 heteroatoms. The molecule has 4 heterocycles. The molecule has 2 saturated heterocycles. The number of aryl methyl sites for hydroxylation is 2. The van der Waals surface area contributed by atoms with Gasteiger partial charge < -0.3 is 9.80 Å². The first-order valence-electron chi connectivity index (χ1n) is 18.1. The molecule has 58 heavy (non-hydrogen) atoms. The van der Waals surface area contributed by atoms with E-state index in [0.29, 0.717) is 72.4 Å². The summed E-state index contributed by atoms with van der Waals surface area (Å²) in [5.41, 5.74) is 6.13. The number of thiazole rings is 2. The van der Waals surface area contributed by atoms with E-state index < -0.39 is 20.0 Å². The Bertz CT molecular complexity index is 2640. The molecule has 0 spiro atoms. The van der Waals surface area contributed by atoms with Crippen molar-refractivity contribution in [1.29, 1.82) is 0 Å². The van der Waals surface area contributed by atoms with Crippen LogP contribution in [0.15, 0.2) is 105 Å². The van der Waals surface area contributed by atoms with E-state index >= 15 is 0 Å². The monoisotopic (exact) mass is 934 g/mol. The van der Waals surface area contributed by atoms with Crippen molar-refractivity contribution in [2.24, 2.45) is 0 Å². The molecule has 0 amide bonds. The molecule has 0 N–H and O–H groups in total. The summed E-state index contributed by atoms with van der Waals surface area (Å²) in [5.74, 6) is 0. The zero-order valence-corrected chi connectivity index (χ0v) is 37.6. The molecule has 8 rings (SSSR count). The second kappa shape index (κ2) is 18.1. The topological polar surface area (TPSA) is 107 Å². The van der Waals surface area contributed by atoms with E-state index in [1.165, 1.54) is 43.2 Å². The molecule has 2 fully saturated rings. The third-order valence-electron chi connectivity index (χ3n) is 9.75. The number of hydrogen-bond donors (Lipinski definition) is 0.